The van der Waals surface area contributed by atoms with Gasteiger partial charge in [-0.15, -0.1) is 0 Å². The van der Waals surface area contributed by atoms with Crippen LogP contribution >= 0.6 is 0 Å². The molecule has 2 aliphatic carbocycles. The first-order chi connectivity index (χ1) is 25.4. The first kappa shape index (κ1) is 43.2. The number of rotatable bonds is 21. The van der Waals surface area contributed by atoms with Gasteiger partial charge in [0.15, 0.2) is 0 Å². The summed E-state index contributed by atoms with van der Waals surface area (Å²) in [6.45, 7) is 13.5. The second kappa shape index (κ2) is 17.5. The summed E-state index contributed by atoms with van der Waals surface area (Å²) in [5.41, 5.74) is 0.547. The number of piperidine rings is 2. The maximum Gasteiger partial charge on any atom is 0.326 e. The highest BCUT2D eigenvalue weighted by Gasteiger charge is 2.91. The zero-order chi connectivity index (χ0) is 40.3. The smallest absolute Gasteiger partial charge is 0.326 e. The van der Waals surface area contributed by atoms with Gasteiger partial charge in [0.25, 0.3) is 0 Å². The van der Waals surface area contributed by atoms with Crippen LogP contribution < -0.4 is 16.0 Å². The van der Waals surface area contributed by atoms with Gasteiger partial charge in [0.1, 0.15) is 12.1 Å². The molecule has 13 nitrogen and oxygen atoms in total. The number of likely N-dealkylation sites (tertiary alicyclic amines) is 1. The van der Waals surface area contributed by atoms with Crippen molar-refractivity contribution >= 4 is 29.6 Å². The van der Waals surface area contributed by atoms with Crippen molar-refractivity contribution in [2.24, 2.45) is 29.1 Å². The Labute approximate surface area is 321 Å². The van der Waals surface area contributed by atoms with Gasteiger partial charge in [-0.2, -0.15) is 0 Å². The Morgan fingerprint density at radius 2 is 1.54 bits per heavy atom. The quantitative estimate of drug-likeness (QED) is 0.147. The third kappa shape index (κ3) is 8.63. The van der Waals surface area contributed by atoms with Crippen LogP contribution in [0.1, 0.15) is 86.1 Å². The van der Waals surface area contributed by atoms with Crippen LogP contribution in [0.2, 0.25) is 0 Å². The van der Waals surface area contributed by atoms with Gasteiger partial charge in [0.2, 0.25) is 23.6 Å². The van der Waals surface area contributed by atoms with Crippen LogP contribution in [0.3, 0.4) is 0 Å². The molecule has 3 aliphatic rings. The first-order valence-corrected chi connectivity index (χ1v) is 19.6. The first-order valence-electron chi connectivity index (χ1n) is 19.6. The number of benzene rings is 1. The maximum absolute atomic E-state index is 14.6. The Morgan fingerprint density at radius 1 is 0.926 bits per heavy atom. The summed E-state index contributed by atoms with van der Waals surface area (Å²) in [7, 11) is 6.54. The average molecular weight is 756 g/mol. The standard InChI is InChI=1S/C41H65N5O8/c1-12-25(6)34(45(9)38(50)33(24(4)5)44-37(49)32(42-8)23(2)3)30(53-10)19-31(47)46-29(20-40-21-41(40,46)22-40)35(54-11)26(7)36(48)43-28(39(51)52)18-27-16-14-13-15-17-27/h13-17,23-26,28-30,32-35,42H,12,18-22H2,1-11H3,(H,43,48)(H,44,49)(H,51,52)/t25-,26+,28-,29-,30+,32-,33-,34-,35+,40?,41?/m0/s1. The number of nitrogens with one attached hydrogen (secondary N) is 3. The van der Waals surface area contributed by atoms with Crippen LogP contribution in [0.4, 0.5) is 0 Å². The number of carbonyl (C=O) groups excluding carboxylic acids is 4. The van der Waals surface area contributed by atoms with Crippen molar-refractivity contribution in [1.82, 2.24) is 25.8 Å². The fraction of sp³-hybridized carbons (Fsp3) is 0.732. The lowest BCUT2D eigenvalue weighted by Crippen LogP contribution is -2.60. The van der Waals surface area contributed by atoms with Crippen LogP contribution in [-0.2, 0) is 39.9 Å². The maximum atomic E-state index is 14.6. The van der Waals surface area contributed by atoms with E-state index in [4.69, 9.17) is 9.47 Å². The summed E-state index contributed by atoms with van der Waals surface area (Å²) >= 11 is 0. The SMILES string of the molecule is CC[C@H](C)[C@@H]([C@@H](CC(=O)N1[C@H]([C@H](OC)[C@@H](C)C(=O)N[C@@H](Cc2ccccc2)C(=O)O)CC23CC12C3)OC)N(C)C(=O)[C@@H](NC(=O)[C@@H](NC)C(C)C)C(C)C. The summed E-state index contributed by atoms with van der Waals surface area (Å²) in [5.74, 6) is -3.14. The number of ether oxygens (including phenoxy) is 2. The van der Waals surface area contributed by atoms with Crippen LogP contribution in [0.15, 0.2) is 30.3 Å². The molecule has 302 valence electrons. The zero-order valence-electron chi connectivity index (χ0n) is 34.2. The summed E-state index contributed by atoms with van der Waals surface area (Å²) in [6.07, 6.45) is 2.07. The molecule has 1 heterocycles. The molecule has 1 aromatic carbocycles. The number of nitrogens with zero attached hydrogens (tertiary/aromatic N) is 2. The minimum absolute atomic E-state index is 0.0144. The van der Waals surface area contributed by atoms with E-state index in [2.05, 4.69) is 16.0 Å². The molecule has 1 saturated heterocycles. The molecule has 9 atom stereocenters. The second-order valence-electron chi connectivity index (χ2n) is 16.8. The van der Waals surface area contributed by atoms with Crippen LogP contribution in [-0.4, -0.2) is 121 Å². The molecule has 0 spiro atoms. The van der Waals surface area contributed by atoms with E-state index in [-0.39, 0.29) is 65.3 Å². The fourth-order valence-corrected chi connectivity index (χ4v) is 9.18. The number of hydrogen-bond donors (Lipinski definition) is 4. The molecule has 4 N–H and O–H groups in total. The zero-order valence-corrected chi connectivity index (χ0v) is 34.2. The number of hydrogen-bond acceptors (Lipinski definition) is 8. The van der Waals surface area contributed by atoms with E-state index >= 15 is 0 Å². The van der Waals surface area contributed by atoms with Gasteiger partial charge in [-0.1, -0.05) is 85.2 Å². The molecule has 1 aromatic rings. The predicted octanol–water partition coefficient (Wildman–Crippen LogP) is 3.25. The monoisotopic (exact) mass is 755 g/mol. The van der Waals surface area contributed by atoms with Gasteiger partial charge >= 0.3 is 5.97 Å². The Morgan fingerprint density at radius 3 is 2.04 bits per heavy atom. The van der Waals surface area contributed by atoms with Crippen molar-refractivity contribution in [3.8, 4) is 0 Å². The van der Waals surface area contributed by atoms with Crippen molar-refractivity contribution in [3.05, 3.63) is 35.9 Å². The third-order valence-electron chi connectivity index (χ3n) is 12.7. The summed E-state index contributed by atoms with van der Waals surface area (Å²) < 4.78 is 12.1. The number of likely N-dealkylation sites (N-methyl/N-ethyl adjacent to an activating group) is 2. The highest BCUT2D eigenvalue weighted by Crippen LogP contribution is 2.87. The topological polar surface area (TPSA) is 167 Å². The van der Waals surface area contributed by atoms with Crippen LogP contribution in [0.5, 0.6) is 0 Å². The van der Waals surface area contributed by atoms with E-state index in [1.165, 1.54) is 7.11 Å². The molecule has 0 unspecified atom stereocenters. The molecule has 0 bridgehead atoms. The summed E-state index contributed by atoms with van der Waals surface area (Å²) in [4.78, 5) is 71.5. The molecule has 4 rings (SSSR count). The highest BCUT2D eigenvalue weighted by atomic mass is 16.5. The van der Waals surface area contributed by atoms with Gasteiger partial charge in [0.05, 0.1) is 48.2 Å². The molecular weight excluding hydrogens is 690 g/mol. The molecule has 1 aliphatic heterocycles. The second-order valence-corrected chi connectivity index (χ2v) is 16.8. The van der Waals surface area contributed by atoms with E-state index in [1.807, 2.05) is 76.8 Å². The number of carboxylic acids is 1. The highest BCUT2D eigenvalue weighted by molar-refractivity contribution is 5.90. The fourth-order valence-electron chi connectivity index (χ4n) is 9.18. The Kier molecular flexibility index (Phi) is 14.0. The molecule has 3 fully saturated rings. The van der Waals surface area contributed by atoms with Crippen molar-refractivity contribution in [2.75, 3.05) is 28.3 Å². The molecule has 2 saturated carbocycles. The minimum atomic E-state index is -1.13. The van der Waals surface area contributed by atoms with E-state index in [0.717, 1.165) is 24.8 Å². The number of carboxylic acid groups (broad SMARTS) is 1. The lowest BCUT2D eigenvalue weighted by atomic mass is 9.87. The Bertz CT molecular complexity index is 1500. The summed E-state index contributed by atoms with van der Waals surface area (Å²) in [5, 5.41) is 18.7. The number of amides is 4. The van der Waals surface area contributed by atoms with Gasteiger partial charge < -0.3 is 40.3 Å². The Hall–Kier alpha value is -3.55. The van der Waals surface area contributed by atoms with Crippen molar-refractivity contribution in [1.29, 1.82) is 0 Å². The largest absolute Gasteiger partial charge is 0.480 e. The Balaban J connectivity index is 1.53. The molecule has 0 radical (unpaired) electrons. The van der Waals surface area contributed by atoms with Gasteiger partial charge in [-0.25, -0.2) is 4.79 Å². The van der Waals surface area contributed by atoms with E-state index in [9.17, 15) is 29.1 Å². The lowest BCUT2D eigenvalue weighted by Gasteiger charge is -2.43. The normalized spacial score (nSPS) is 25.6. The predicted molar refractivity (Wildman–Crippen MR) is 205 cm³/mol. The molecule has 0 aromatic heterocycles. The van der Waals surface area contributed by atoms with Crippen LogP contribution in [0.25, 0.3) is 0 Å². The molecule has 13 heteroatoms. The third-order valence-corrected chi connectivity index (χ3v) is 12.7. The number of methoxy groups -OCH3 is 2. The van der Waals surface area contributed by atoms with E-state index in [1.54, 1.807) is 33.0 Å². The van der Waals surface area contributed by atoms with Crippen molar-refractivity contribution in [3.63, 3.8) is 0 Å². The molecule has 54 heavy (non-hydrogen) atoms. The van der Waals surface area contributed by atoms with E-state index < -0.39 is 54.2 Å². The average Bonchev–Trinajstić information content (AvgIpc) is 3.90. The molecular formula is C41H65N5O8. The van der Waals surface area contributed by atoms with Gasteiger partial charge in [0, 0.05) is 33.1 Å². The van der Waals surface area contributed by atoms with E-state index in [0.29, 0.717) is 6.42 Å². The minimum Gasteiger partial charge on any atom is -0.480 e. The van der Waals surface area contributed by atoms with Gasteiger partial charge in [-0.3, -0.25) is 19.2 Å². The van der Waals surface area contributed by atoms with Crippen molar-refractivity contribution < 1.29 is 38.6 Å². The van der Waals surface area contributed by atoms with Gasteiger partial charge in [-0.05, 0) is 49.6 Å². The summed E-state index contributed by atoms with van der Waals surface area (Å²) in [6, 6.07) is 5.93. The lowest BCUT2D eigenvalue weighted by molar-refractivity contribution is -0.151. The van der Waals surface area contributed by atoms with Crippen molar-refractivity contribution in [2.45, 2.75) is 135 Å². The van der Waals surface area contributed by atoms with Crippen LogP contribution in [0, 0.1) is 29.1 Å². The molecule has 4 amide bonds. The number of aliphatic carboxylic acids is 1. The number of carbonyl (C=O) groups is 5.